The molecule has 0 unspecified atom stereocenters. The molecule has 0 spiro atoms. The number of aromatic nitrogens is 1. The zero-order valence-corrected chi connectivity index (χ0v) is 11.1. The van der Waals surface area contributed by atoms with Crippen molar-refractivity contribution >= 4 is 5.97 Å². The molecule has 1 aromatic heterocycles. The highest BCUT2D eigenvalue weighted by molar-refractivity contribution is 5.72. The Morgan fingerprint density at radius 2 is 2.26 bits per heavy atom. The van der Waals surface area contributed by atoms with Crippen LogP contribution in [0.1, 0.15) is 25.3 Å². The Labute approximate surface area is 112 Å². The first kappa shape index (κ1) is 13.9. The number of pyridine rings is 1. The van der Waals surface area contributed by atoms with E-state index in [-0.39, 0.29) is 11.9 Å². The summed E-state index contributed by atoms with van der Waals surface area (Å²) in [5.74, 6) is -0.513. The standard InChI is InChI=1S/C14H19FN2O2/c1-2-19-14(18)12-4-7-17(8-5-12)10-11-3-6-16-13(15)9-11/h3,6,9,12H,2,4-5,7-8,10H2,1H3. The van der Waals surface area contributed by atoms with Gasteiger partial charge in [-0.2, -0.15) is 4.39 Å². The molecule has 1 saturated heterocycles. The molecule has 1 fully saturated rings. The number of nitrogens with zero attached hydrogens (tertiary/aromatic N) is 2. The summed E-state index contributed by atoms with van der Waals surface area (Å²) in [6.07, 6.45) is 3.11. The third kappa shape index (κ3) is 3.99. The van der Waals surface area contributed by atoms with E-state index in [4.69, 9.17) is 4.74 Å². The van der Waals surface area contributed by atoms with Gasteiger partial charge in [0.05, 0.1) is 12.5 Å². The molecule has 1 aliphatic rings. The van der Waals surface area contributed by atoms with E-state index in [2.05, 4.69) is 9.88 Å². The van der Waals surface area contributed by atoms with Crippen molar-refractivity contribution in [2.75, 3.05) is 19.7 Å². The third-order valence-electron chi connectivity index (χ3n) is 3.40. The average Bonchev–Trinajstić information content (AvgIpc) is 2.40. The van der Waals surface area contributed by atoms with Crippen molar-refractivity contribution in [2.24, 2.45) is 5.92 Å². The molecule has 1 aromatic rings. The minimum absolute atomic E-state index is 0.0189. The largest absolute Gasteiger partial charge is 0.466 e. The van der Waals surface area contributed by atoms with Crippen LogP contribution in [0, 0.1) is 11.9 Å². The highest BCUT2D eigenvalue weighted by atomic mass is 19.1. The molecule has 2 heterocycles. The Balaban J connectivity index is 1.82. The number of likely N-dealkylation sites (tertiary alicyclic amines) is 1. The van der Waals surface area contributed by atoms with Crippen molar-refractivity contribution in [3.8, 4) is 0 Å². The van der Waals surface area contributed by atoms with Gasteiger partial charge in [0, 0.05) is 12.7 Å². The van der Waals surface area contributed by atoms with Gasteiger partial charge in [-0.1, -0.05) is 0 Å². The van der Waals surface area contributed by atoms with Crippen LogP contribution in [0.3, 0.4) is 0 Å². The first-order valence-corrected chi connectivity index (χ1v) is 6.68. The van der Waals surface area contributed by atoms with Gasteiger partial charge in [-0.25, -0.2) is 4.98 Å². The summed E-state index contributed by atoms with van der Waals surface area (Å²) in [5.41, 5.74) is 0.919. The number of carbonyl (C=O) groups is 1. The number of rotatable bonds is 4. The molecule has 0 bridgehead atoms. The molecule has 104 valence electrons. The predicted molar refractivity (Wildman–Crippen MR) is 68.8 cm³/mol. The molecule has 2 rings (SSSR count). The minimum Gasteiger partial charge on any atom is -0.466 e. The van der Waals surface area contributed by atoms with Crippen LogP contribution in [-0.4, -0.2) is 35.5 Å². The van der Waals surface area contributed by atoms with Gasteiger partial charge in [0.1, 0.15) is 0 Å². The molecule has 19 heavy (non-hydrogen) atoms. The van der Waals surface area contributed by atoms with E-state index in [1.807, 2.05) is 13.0 Å². The first-order chi connectivity index (χ1) is 9.19. The summed E-state index contributed by atoms with van der Waals surface area (Å²) in [6, 6.07) is 3.28. The van der Waals surface area contributed by atoms with Crippen LogP contribution < -0.4 is 0 Å². The highest BCUT2D eigenvalue weighted by Gasteiger charge is 2.25. The molecule has 5 heteroatoms. The predicted octanol–water partition coefficient (Wildman–Crippen LogP) is 2.00. The second-order valence-electron chi connectivity index (χ2n) is 4.79. The van der Waals surface area contributed by atoms with Crippen LogP contribution in [0.5, 0.6) is 0 Å². The maximum absolute atomic E-state index is 13.0. The topological polar surface area (TPSA) is 42.4 Å². The molecule has 1 aliphatic heterocycles. The molecule has 0 radical (unpaired) electrons. The van der Waals surface area contributed by atoms with E-state index in [0.717, 1.165) is 31.5 Å². The van der Waals surface area contributed by atoms with Gasteiger partial charge in [-0.15, -0.1) is 0 Å². The van der Waals surface area contributed by atoms with E-state index in [9.17, 15) is 9.18 Å². The van der Waals surface area contributed by atoms with E-state index in [1.54, 1.807) is 0 Å². The van der Waals surface area contributed by atoms with Gasteiger partial charge < -0.3 is 4.74 Å². The molecular formula is C14H19FN2O2. The maximum atomic E-state index is 13.0. The van der Waals surface area contributed by atoms with E-state index >= 15 is 0 Å². The molecule has 4 nitrogen and oxygen atoms in total. The van der Waals surface area contributed by atoms with Gasteiger partial charge in [0.15, 0.2) is 0 Å². The zero-order valence-electron chi connectivity index (χ0n) is 11.1. The molecule has 0 amide bonds. The fourth-order valence-corrected chi connectivity index (χ4v) is 2.39. The average molecular weight is 266 g/mol. The summed E-state index contributed by atoms with van der Waals surface area (Å²) in [6.45, 7) is 4.65. The fourth-order valence-electron chi connectivity index (χ4n) is 2.39. The van der Waals surface area contributed by atoms with Gasteiger partial charge >= 0.3 is 5.97 Å². The molecule has 0 aromatic carbocycles. The van der Waals surface area contributed by atoms with Gasteiger partial charge in [0.2, 0.25) is 5.95 Å². The van der Waals surface area contributed by atoms with Crippen molar-refractivity contribution in [3.63, 3.8) is 0 Å². The first-order valence-electron chi connectivity index (χ1n) is 6.68. The Hall–Kier alpha value is -1.49. The van der Waals surface area contributed by atoms with Crippen LogP contribution >= 0.6 is 0 Å². The summed E-state index contributed by atoms with van der Waals surface area (Å²) < 4.78 is 18.0. The van der Waals surface area contributed by atoms with Crippen molar-refractivity contribution in [3.05, 3.63) is 29.8 Å². The lowest BCUT2D eigenvalue weighted by Gasteiger charge is -2.30. The maximum Gasteiger partial charge on any atom is 0.309 e. The quantitative estimate of drug-likeness (QED) is 0.617. The lowest BCUT2D eigenvalue weighted by molar-refractivity contribution is -0.149. The molecular weight excluding hydrogens is 247 g/mol. The van der Waals surface area contributed by atoms with Crippen molar-refractivity contribution in [1.82, 2.24) is 9.88 Å². The number of halogens is 1. The SMILES string of the molecule is CCOC(=O)C1CCN(Cc2ccnc(F)c2)CC1. The fraction of sp³-hybridized carbons (Fsp3) is 0.571. The van der Waals surface area contributed by atoms with Crippen molar-refractivity contribution in [2.45, 2.75) is 26.3 Å². The normalized spacial score (nSPS) is 17.4. The number of piperidine rings is 1. The second-order valence-corrected chi connectivity index (χ2v) is 4.79. The Morgan fingerprint density at radius 1 is 1.53 bits per heavy atom. The molecule has 0 atom stereocenters. The highest BCUT2D eigenvalue weighted by Crippen LogP contribution is 2.20. The lowest BCUT2D eigenvalue weighted by atomic mass is 9.97. The number of hydrogen-bond acceptors (Lipinski definition) is 4. The zero-order chi connectivity index (χ0) is 13.7. The number of esters is 1. The van der Waals surface area contributed by atoms with E-state index in [0.29, 0.717) is 13.2 Å². The second kappa shape index (κ2) is 6.61. The molecule has 0 N–H and O–H groups in total. The van der Waals surface area contributed by atoms with Crippen LogP contribution in [0.15, 0.2) is 18.3 Å². The number of ether oxygens (including phenoxy) is 1. The van der Waals surface area contributed by atoms with Gasteiger partial charge in [0.25, 0.3) is 0 Å². The third-order valence-corrected chi connectivity index (χ3v) is 3.40. The summed E-state index contributed by atoms with van der Waals surface area (Å²) in [7, 11) is 0. The van der Waals surface area contributed by atoms with Gasteiger partial charge in [-0.3, -0.25) is 9.69 Å². The smallest absolute Gasteiger partial charge is 0.309 e. The van der Waals surface area contributed by atoms with Crippen LogP contribution in [0.4, 0.5) is 4.39 Å². The van der Waals surface area contributed by atoms with E-state index < -0.39 is 5.95 Å². The lowest BCUT2D eigenvalue weighted by Crippen LogP contribution is -2.36. The molecule has 0 saturated carbocycles. The summed E-state index contributed by atoms with van der Waals surface area (Å²) in [5, 5.41) is 0. The number of hydrogen-bond donors (Lipinski definition) is 0. The minimum atomic E-state index is -0.445. The number of carbonyl (C=O) groups excluding carboxylic acids is 1. The molecule has 0 aliphatic carbocycles. The monoisotopic (exact) mass is 266 g/mol. The van der Waals surface area contributed by atoms with Gasteiger partial charge in [-0.05, 0) is 50.6 Å². The summed E-state index contributed by atoms with van der Waals surface area (Å²) in [4.78, 5) is 17.4. The van der Waals surface area contributed by atoms with Crippen molar-refractivity contribution in [1.29, 1.82) is 0 Å². The van der Waals surface area contributed by atoms with Crippen LogP contribution in [-0.2, 0) is 16.1 Å². The summed E-state index contributed by atoms with van der Waals surface area (Å²) >= 11 is 0. The Morgan fingerprint density at radius 3 is 2.89 bits per heavy atom. The van der Waals surface area contributed by atoms with Crippen LogP contribution in [0.25, 0.3) is 0 Å². The van der Waals surface area contributed by atoms with Crippen LogP contribution in [0.2, 0.25) is 0 Å². The Bertz CT molecular complexity index is 431. The Kier molecular flexibility index (Phi) is 4.85. The van der Waals surface area contributed by atoms with Crippen molar-refractivity contribution < 1.29 is 13.9 Å². The van der Waals surface area contributed by atoms with E-state index in [1.165, 1.54) is 12.3 Å².